The summed E-state index contributed by atoms with van der Waals surface area (Å²) in [6.07, 6.45) is 2.13. The number of carbonyl (C=O) groups is 1. The van der Waals surface area contributed by atoms with Crippen molar-refractivity contribution in [3.8, 4) is 0 Å². The second-order valence-electron chi connectivity index (χ2n) is 7.44. The molecule has 0 bridgehead atoms. The SMILES string of the molecule is Cc1ccc([C@H]2[C@@H](c3ccccn3)NC(=S)N2CCC(=O)Nc2ccccc2)n1C. The van der Waals surface area contributed by atoms with Crippen LogP contribution in [-0.2, 0) is 11.8 Å². The highest BCUT2D eigenvalue weighted by Gasteiger charge is 2.41. The lowest BCUT2D eigenvalue weighted by Crippen LogP contribution is -2.33. The van der Waals surface area contributed by atoms with Gasteiger partial charge in [0.25, 0.3) is 0 Å². The summed E-state index contributed by atoms with van der Waals surface area (Å²) in [5.74, 6) is -0.0351. The summed E-state index contributed by atoms with van der Waals surface area (Å²) in [6.45, 7) is 2.60. The van der Waals surface area contributed by atoms with E-state index in [1.54, 1.807) is 6.20 Å². The molecule has 6 nitrogen and oxygen atoms in total. The Balaban J connectivity index is 1.56. The van der Waals surface area contributed by atoms with Crippen molar-refractivity contribution >= 4 is 28.9 Å². The molecule has 0 spiro atoms. The molecule has 1 aliphatic heterocycles. The first-order chi connectivity index (χ1) is 14.5. The molecule has 2 aromatic heterocycles. The van der Waals surface area contributed by atoms with E-state index in [0.29, 0.717) is 18.1 Å². The number of anilines is 1. The summed E-state index contributed by atoms with van der Waals surface area (Å²) in [5.41, 5.74) is 4.04. The molecule has 1 amide bonds. The molecule has 3 heterocycles. The highest BCUT2D eigenvalue weighted by molar-refractivity contribution is 7.80. The molecule has 0 unspecified atom stereocenters. The maximum atomic E-state index is 12.5. The zero-order chi connectivity index (χ0) is 21.1. The van der Waals surface area contributed by atoms with Crippen molar-refractivity contribution in [2.75, 3.05) is 11.9 Å². The van der Waals surface area contributed by atoms with Gasteiger partial charge < -0.3 is 20.1 Å². The maximum Gasteiger partial charge on any atom is 0.226 e. The minimum atomic E-state index is -0.0797. The van der Waals surface area contributed by atoms with E-state index in [4.69, 9.17) is 12.2 Å². The van der Waals surface area contributed by atoms with E-state index in [1.165, 1.54) is 5.69 Å². The Morgan fingerprint density at radius 3 is 2.57 bits per heavy atom. The Kier molecular flexibility index (Phi) is 5.81. The van der Waals surface area contributed by atoms with Crippen LogP contribution in [0.3, 0.4) is 0 Å². The molecule has 1 fully saturated rings. The number of benzene rings is 1. The molecule has 1 saturated heterocycles. The first-order valence-corrected chi connectivity index (χ1v) is 10.4. The minimum Gasteiger partial charge on any atom is -0.352 e. The molecule has 4 rings (SSSR count). The van der Waals surface area contributed by atoms with Gasteiger partial charge >= 0.3 is 0 Å². The number of hydrogen-bond donors (Lipinski definition) is 2. The van der Waals surface area contributed by atoms with Gasteiger partial charge in [0.05, 0.1) is 17.8 Å². The molecule has 3 aromatic rings. The van der Waals surface area contributed by atoms with Crippen LogP contribution in [0.1, 0.15) is 35.6 Å². The van der Waals surface area contributed by atoms with Crippen LogP contribution < -0.4 is 10.6 Å². The van der Waals surface area contributed by atoms with Gasteiger partial charge in [-0.2, -0.15) is 0 Å². The fraction of sp³-hybridized carbons (Fsp3) is 0.261. The second-order valence-corrected chi connectivity index (χ2v) is 7.83. The molecule has 0 saturated carbocycles. The molecule has 154 valence electrons. The number of thiocarbonyl (C=S) groups is 1. The van der Waals surface area contributed by atoms with Crippen molar-refractivity contribution < 1.29 is 4.79 Å². The summed E-state index contributed by atoms with van der Waals surface area (Å²) in [6, 6.07) is 19.5. The largest absolute Gasteiger partial charge is 0.352 e. The molecule has 0 aliphatic carbocycles. The van der Waals surface area contributed by atoms with Crippen molar-refractivity contribution in [3.05, 3.63) is 83.9 Å². The van der Waals surface area contributed by atoms with Crippen LogP contribution in [0.25, 0.3) is 0 Å². The summed E-state index contributed by atoms with van der Waals surface area (Å²) in [5, 5.41) is 7.02. The first-order valence-electron chi connectivity index (χ1n) is 10.00. The number of rotatable bonds is 6. The van der Waals surface area contributed by atoms with Gasteiger partial charge in [0.15, 0.2) is 5.11 Å². The van der Waals surface area contributed by atoms with Crippen LogP contribution in [0.5, 0.6) is 0 Å². The maximum absolute atomic E-state index is 12.5. The van der Waals surface area contributed by atoms with Crippen LogP contribution in [0.4, 0.5) is 5.69 Å². The summed E-state index contributed by atoms with van der Waals surface area (Å²) < 4.78 is 2.17. The number of aromatic nitrogens is 2. The van der Waals surface area contributed by atoms with E-state index < -0.39 is 0 Å². The number of hydrogen-bond acceptors (Lipinski definition) is 3. The molecule has 2 atom stereocenters. The first kappa shape index (κ1) is 20.1. The van der Waals surface area contributed by atoms with Crippen molar-refractivity contribution in [2.24, 2.45) is 7.05 Å². The third kappa shape index (κ3) is 4.07. The molecule has 30 heavy (non-hydrogen) atoms. The van der Waals surface area contributed by atoms with Crippen LogP contribution in [0, 0.1) is 6.92 Å². The summed E-state index contributed by atoms with van der Waals surface area (Å²) in [4.78, 5) is 19.2. The van der Waals surface area contributed by atoms with Gasteiger partial charge in [-0.25, -0.2) is 0 Å². The number of carbonyl (C=O) groups excluding carboxylic acids is 1. The molecule has 2 N–H and O–H groups in total. The van der Waals surface area contributed by atoms with E-state index >= 15 is 0 Å². The Morgan fingerprint density at radius 2 is 1.90 bits per heavy atom. The molecule has 1 aliphatic rings. The number of pyridine rings is 1. The lowest BCUT2D eigenvalue weighted by Gasteiger charge is -2.28. The van der Waals surface area contributed by atoms with Gasteiger partial charge in [0.2, 0.25) is 5.91 Å². The van der Waals surface area contributed by atoms with Gasteiger partial charge in [-0.1, -0.05) is 24.3 Å². The number of nitrogens with zero attached hydrogens (tertiary/aromatic N) is 3. The normalized spacial score (nSPS) is 18.3. The third-order valence-electron chi connectivity index (χ3n) is 5.55. The topological polar surface area (TPSA) is 62.2 Å². The number of para-hydroxylation sites is 1. The minimum absolute atomic E-state index is 0.0351. The van der Waals surface area contributed by atoms with E-state index in [1.807, 2.05) is 48.5 Å². The van der Waals surface area contributed by atoms with Gasteiger partial charge in [0, 0.05) is 43.3 Å². The molecular weight excluding hydrogens is 394 g/mol. The summed E-state index contributed by atoms with van der Waals surface area (Å²) in [7, 11) is 2.06. The van der Waals surface area contributed by atoms with Crippen molar-refractivity contribution in [3.63, 3.8) is 0 Å². The molecule has 7 heteroatoms. The Labute approximate surface area is 181 Å². The lowest BCUT2D eigenvalue weighted by molar-refractivity contribution is -0.116. The van der Waals surface area contributed by atoms with Gasteiger partial charge in [0.1, 0.15) is 0 Å². The second kappa shape index (κ2) is 8.67. The lowest BCUT2D eigenvalue weighted by atomic mass is 10.0. The zero-order valence-corrected chi connectivity index (χ0v) is 17.9. The predicted octanol–water partition coefficient (Wildman–Crippen LogP) is 3.73. The molecule has 0 radical (unpaired) electrons. The van der Waals surface area contributed by atoms with E-state index in [2.05, 4.69) is 51.2 Å². The van der Waals surface area contributed by atoms with Crippen molar-refractivity contribution in [1.29, 1.82) is 0 Å². The van der Waals surface area contributed by atoms with E-state index in [0.717, 1.165) is 17.1 Å². The quantitative estimate of drug-likeness (QED) is 0.596. The standard InChI is InChI=1S/C23H25N5OS/c1-16-11-12-19(27(16)2)22-21(18-10-6-7-14-24-18)26-23(30)28(22)15-13-20(29)25-17-8-4-3-5-9-17/h3-12,14,21-22H,13,15H2,1-2H3,(H,25,29)(H,26,30)/t21-,22+/m1/s1. The van der Waals surface area contributed by atoms with Crippen LogP contribution in [-0.4, -0.2) is 32.0 Å². The molecular formula is C23H25N5OS. The zero-order valence-electron chi connectivity index (χ0n) is 17.1. The summed E-state index contributed by atoms with van der Waals surface area (Å²) >= 11 is 5.67. The average Bonchev–Trinajstić information content (AvgIpc) is 3.26. The molecule has 1 aromatic carbocycles. The third-order valence-corrected chi connectivity index (χ3v) is 5.90. The Bertz CT molecular complexity index is 1030. The van der Waals surface area contributed by atoms with Gasteiger partial charge in [-0.3, -0.25) is 9.78 Å². The van der Waals surface area contributed by atoms with Crippen LogP contribution >= 0.6 is 12.2 Å². The number of aryl methyl sites for hydroxylation is 1. The number of amides is 1. The average molecular weight is 420 g/mol. The van der Waals surface area contributed by atoms with E-state index in [-0.39, 0.29) is 18.0 Å². The van der Waals surface area contributed by atoms with Gasteiger partial charge in [-0.15, -0.1) is 0 Å². The van der Waals surface area contributed by atoms with Gasteiger partial charge in [-0.05, 0) is 55.5 Å². The smallest absolute Gasteiger partial charge is 0.226 e. The Morgan fingerprint density at radius 1 is 1.13 bits per heavy atom. The Hall–Kier alpha value is -3.19. The fourth-order valence-corrected chi connectivity index (χ4v) is 4.20. The highest BCUT2D eigenvalue weighted by atomic mass is 32.1. The van der Waals surface area contributed by atoms with Crippen molar-refractivity contribution in [2.45, 2.75) is 25.4 Å². The van der Waals surface area contributed by atoms with E-state index in [9.17, 15) is 4.79 Å². The number of nitrogens with one attached hydrogen (secondary N) is 2. The van der Waals surface area contributed by atoms with Crippen LogP contribution in [0.2, 0.25) is 0 Å². The predicted molar refractivity (Wildman–Crippen MR) is 122 cm³/mol. The van der Waals surface area contributed by atoms with Crippen LogP contribution in [0.15, 0.2) is 66.9 Å². The monoisotopic (exact) mass is 419 g/mol. The highest BCUT2D eigenvalue weighted by Crippen LogP contribution is 2.38. The fourth-order valence-electron chi connectivity index (χ4n) is 3.87. The van der Waals surface area contributed by atoms with Crippen molar-refractivity contribution in [1.82, 2.24) is 19.8 Å².